The van der Waals surface area contributed by atoms with Gasteiger partial charge in [0.2, 0.25) is 11.9 Å². The summed E-state index contributed by atoms with van der Waals surface area (Å²) < 4.78 is 39.8. The number of carbonyl (C=O) groups is 1. The van der Waals surface area contributed by atoms with Gasteiger partial charge < -0.3 is 29.9 Å². The van der Waals surface area contributed by atoms with E-state index in [-0.39, 0.29) is 29.0 Å². The van der Waals surface area contributed by atoms with Crippen molar-refractivity contribution in [1.29, 1.82) is 0 Å². The van der Waals surface area contributed by atoms with E-state index in [2.05, 4.69) is 37.0 Å². The lowest BCUT2D eigenvalue weighted by molar-refractivity contribution is -0.111. The first kappa shape index (κ1) is 29.5. The van der Waals surface area contributed by atoms with Gasteiger partial charge >= 0.3 is 0 Å². The fourth-order valence-electron chi connectivity index (χ4n) is 4.91. The van der Waals surface area contributed by atoms with Crippen molar-refractivity contribution in [2.24, 2.45) is 7.05 Å². The van der Waals surface area contributed by atoms with Gasteiger partial charge in [-0.05, 0) is 50.9 Å². The minimum Gasteiger partial charge on any atom is -0.494 e. The SMILES string of the molecule is C=CC(=O)Nc1cc(Nc2ncc3cc(Oc4ccc(F)cc4F)c(=O)n(C)c3n2)c(OC)cc1N1CC[C@@H](N(C)C)C1. The Hall–Kier alpha value is -5.04. The summed E-state index contributed by atoms with van der Waals surface area (Å²) in [6, 6.07) is 8.14. The van der Waals surface area contributed by atoms with E-state index in [1.54, 1.807) is 6.07 Å². The van der Waals surface area contributed by atoms with Crippen LogP contribution in [0.2, 0.25) is 0 Å². The number of aromatic nitrogens is 3. The smallest absolute Gasteiger partial charge is 0.294 e. The Balaban J connectivity index is 1.48. The van der Waals surface area contributed by atoms with Crippen LogP contribution in [0.4, 0.5) is 31.8 Å². The second kappa shape index (κ2) is 12.1. The molecule has 13 heteroatoms. The normalized spacial score (nSPS) is 14.7. The van der Waals surface area contributed by atoms with Gasteiger partial charge in [0.15, 0.2) is 17.3 Å². The van der Waals surface area contributed by atoms with E-state index in [1.807, 2.05) is 20.2 Å². The summed E-state index contributed by atoms with van der Waals surface area (Å²) in [5.74, 6) is -1.90. The van der Waals surface area contributed by atoms with Crippen LogP contribution in [0.5, 0.6) is 17.2 Å². The summed E-state index contributed by atoms with van der Waals surface area (Å²) in [4.78, 5) is 38.6. The first-order chi connectivity index (χ1) is 20.6. The summed E-state index contributed by atoms with van der Waals surface area (Å²) in [5.41, 5.74) is 1.52. The second-order valence-corrected chi connectivity index (χ2v) is 10.3. The molecule has 0 aliphatic carbocycles. The highest BCUT2D eigenvalue weighted by Crippen LogP contribution is 2.40. The van der Waals surface area contributed by atoms with Crippen LogP contribution in [0.15, 0.2) is 60.0 Å². The average molecular weight is 592 g/mol. The van der Waals surface area contributed by atoms with Gasteiger partial charge in [0.1, 0.15) is 17.2 Å². The summed E-state index contributed by atoms with van der Waals surface area (Å²) in [6.07, 6.45) is 3.65. The number of anilines is 4. The number of halogens is 2. The maximum atomic E-state index is 14.1. The Morgan fingerprint density at radius 2 is 1.93 bits per heavy atom. The Kier molecular flexibility index (Phi) is 8.26. The highest BCUT2D eigenvalue weighted by Gasteiger charge is 2.27. The van der Waals surface area contributed by atoms with Crippen molar-refractivity contribution in [3.8, 4) is 17.2 Å². The molecule has 11 nitrogen and oxygen atoms in total. The Morgan fingerprint density at radius 3 is 2.60 bits per heavy atom. The minimum absolute atomic E-state index is 0.154. The number of nitrogens with one attached hydrogen (secondary N) is 2. The lowest BCUT2D eigenvalue weighted by Gasteiger charge is -2.25. The molecule has 0 bridgehead atoms. The van der Waals surface area contributed by atoms with Crippen LogP contribution in [0.3, 0.4) is 0 Å². The van der Waals surface area contributed by atoms with Crippen LogP contribution < -0.4 is 30.6 Å². The number of methoxy groups -OCH3 is 1. The lowest BCUT2D eigenvalue weighted by atomic mass is 10.2. The third kappa shape index (κ3) is 6.11. The molecule has 224 valence electrons. The van der Waals surface area contributed by atoms with Crippen molar-refractivity contribution in [2.75, 3.05) is 49.8 Å². The topological polar surface area (TPSA) is 114 Å². The zero-order valence-electron chi connectivity index (χ0n) is 24.1. The van der Waals surface area contributed by atoms with E-state index in [1.165, 1.54) is 37.1 Å². The molecule has 2 aromatic carbocycles. The van der Waals surface area contributed by atoms with Gasteiger partial charge in [-0.15, -0.1) is 0 Å². The molecule has 1 aliphatic rings. The third-order valence-electron chi connectivity index (χ3n) is 7.27. The number of fused-ring (bicyclic) bond motifs is 1. The Labute approximate surface area is 246 Å². The molecule has 1 atom stereocenters. The second-order valence-electron chi connectivity index (χ2n) is 10.3. The number of hydrogen-bond donors (Lipinski definition) is 2. The molecule has 43 heavy (non-hydrogen) atoms. The molecule has 1 amide bonds. The molecule has 0 saturated carbocycles. The largest absolute Gasteiger partial charge is 0.494 e. The lowest BCUT2D eigenvalue weighted by Crippen LogP contribution is -2.31. The molecule has 0 spiro atoms. The highest BCUT2D eigenvalue weighted by atomic mass is 19.1. The van der Waals surface area contributed by atoms with Crippen molar-refractivity contribution >= 4 is 40.0 Å². The van der Waals surface area contributed by atoms with Crippen LogP contribution in [0.25, 0.3) is 11.0 Å². The quantitative estimate of drug-likeness (QED) is 0.273. The zero-order chi connectivity index (χ0) is 30.8. The fourth-order valence-corrected chi connectivity index (χ4v) is 4.91. The molecule has 1 fully saturated rings. The van der Waals surface area contributed by atoms with Crippen molar-refractivity contribution in [2.45, 2.75) is 12.5 Å². The standard InChI is InChI=1S/C30H31F2N7O4/c1-6-27(40)34-21-13-22(25(42-5)14-23(21)39-10-9-19(16-39)37(2)3)35-30-33-15-17-11-26(29(41)38(4)28(17)36-30)43-24-8-7-18(31)12-20(24)32/h6-8,11-15,19H,1,9-10,16H2,2-5H3,(H,34,40)(H,33,35,36)/t19-/m1/s1. The van der Waals surface area contributed by atoms with Gasteiger partial charge in [-0.1, -0.05) is 6.58 Å². The molecule has 2 N–H and O–H groups in total. The molecular weight excluding hydrogens is 560 g/mol. The van der Waals surface area contributed by atoms with Crippen LogP contribution in [0, 0.1) is 11.6 Å². The van der Waals surface area contributed by atoms with Crippen LogP contribution >= 0.6 is 0 Å². The number of likely N-dealkylation sites (N-methyl/N-ethyl adjacent to an activating group) is 1. The number of benzene rings is 2. The zero-order valence-corrected chi connectivity index (χ0v) is 24.1. The van der Waals surface area contributed by atoms with E-state index in [0.717, 1.165) is 37.3 Å². The predicted molar refractivity (Wildman–Crippen MR) is 161 cm³/mol. The van der Waals surface area contributed by atoms with Crippen LogP contribution in [-0.4, -0.2) is 65.7 Å². The maximum absolute atomic E-state index is 14.1. The minimum atomic E-state index is -0.941. The van der Waals surface area contributed by atoms with E-state index in [9.17, 15) is 18.4 Å². The number of nitrogens with zero attached hydrogens (tertiary/aromatic N) is 5. The van der Waals surface area contributed by atoms with Gasteiger partial charge in [-0.2, -0.15) is 4.98 Å². The maximum Gasteiger partial charge on any atom is 0.294 e. The number of carbonyl (C=O) groups excluding carboxylic acids is 1. The molecule has 0 unspecified atom stereocenters. The van der Waals surface area contributed by atoms with Crippen molar-refractivity contribution in [1.82, 2.24) is 19.4 Å². The molecule has 0 radical (unpaired) electrons. The van der Waals surface area contributed by atoms with Gasteiger partial charge in [0.25, 0.3) is 5.56 Å². The summed E-state index contributed by atoms with van der Waals surface area (Å²) in [6.45, 7) is 5.14. The monoisotopic (exact) mass is 591 g/mol. The predicted octanol–water partition coefficient (Wildman–Crippen LogP) is 4.42. The average Bonchev–Trinajstić information content (AvgIpc) is 3.48. The fraction of sp³-hybridized carbons (Fsp3) is 0.267. The van der Waals surface area contributed by atoms with Crippen LogP contribution in [-0.2, 0) is 11.8 Å². The number of amides is 1. The highest BCUT2D eigenvalue weighted by molar-refractivity contribution is 6.02. The first-order valence-corrected chi connectivity index (χ1v) is 13.4. The summed E-state index contributed by atoms with van der Waals surface area (Å²) >= 11 is 0. The van der Waals surface area contributed by atoms with Crippen molar-refractivity contribution in [3.05, 3.63) is 77.2 Å². The van der Waals surface area contributed by atoms with Gasteiger partial charge in [0.05, 0.1) is 24.2 Å². The Morgan fingerprint density at radius 1 is 1.14 bits per heavy atom. The third-order valence-corrected chi connectivity index (χ3v) is 7.27. The molecule has 4 aromatic rings. The molecule has 1 aliphatic heterocycles. The van der Waals surface area contributed by atoms with E-state index in [4.69, 9.17) is 9.47 Å². The van der Waals surface area contributed by atoms with Crippen LogP contribution in [0.1, 0.15) is 6.42 Å². The number of hydrogen-bond acceptors (Lipinski definition) is 9. The van der Waals surface area contributed by atoms with Gasteiger partial charge in [0, 0.05) is 49.9 Å². The number of pyridine rings is 1. The number of ether oxygens (including phenoxy) is 2. The van der Waals surface area contributed by atoms with E-state index >= 15 is 0 Å². The van der Waals surface area contributed by atoms with E-state index in [0.29, 0.717) is 34.6 Å². The number of rotatable bonds is 9. The van der Waals surface area contributed by atoms with Crippen molar-refractivity contribution in [3.63, 3.8) is 0 Å². The molecule has 3 heterocycles. The van der Waals surface area contributed by atoms with E-state index < -0.39 is 17.2 Å². The Bertz CT molecular complexity index is 1780. The number of aryl methyl sites for hydroxylation is 1. The molecule has 5 rings (SSSR count). The van der Waals surface area contributed by atoms with Gasteiger partial charge in [-0.25, -0.2) is 13.8 Å². The molecule has 1 saturated heterocycles. The molecule has 2 aromatic heterocycles. The summed E-state index contributed by atoms with van der Waals surface area (Å²) in [5, 5.41) is 6.45. The first-order valence-electron chi connectivity index (χ1n) is 13.4. The molecular formula is C30H31F2N7O4. The van der Waals surface area contributed by atoms with Gasteiger partial charge in [-0.3, -0.25) is 14.2 Å². The summed E-state index contributed by atoms with van der Waals surface area (Å²) in [7, 11) is 7.11. The van der Waals surface area contributed by atoms with Crippen molar-refractivity contribution < 1.29 is 23.0 Å².